The molecule has 3 heteroatoms. The third kappa shape index (κ3) is 2.83. The fourth-order valence-electron chi connectivity index (χ4n) is 2.55. The average Bonchev–Trinajstić information content (AvgIpc) is 2.90. The summed E-state index contributed by atoms with van der Waals surface area (Å²) in [6.45, 7) is 4.28. The van der Waals surface area contributed by atoms with Crippen LogP contribution >= 0.6 is 0 Å². The fraction of sp³-hybridized carbons (Fsp3) is 0.278. The third-order valence-corrected chi connectivity index (χ3v) is 4.00. The molecule has 0 amide bonds. The minimum Gasteiger partial charge on any atom is -0.441 e. The highest BCUT2D eigenvalue weighted by Gasteiger charge is 2.15. The Labute approximate surface area is 125 Å². The number of hydrogen-bond donors (Lipinski definition) is 1. The Bertz CT molecular complexity index is 728. The molecule has 1 heterocycles. The Morgan fingerprint density at radius 1 is 1.10 bits per heavy atom. The lowest BCUT2D eigenvalue weighted by molar-refractivity contribution is 0.473. The van der Waals surface area contributed by atoms with Crippen LogP contribution in [0.5, 0.6) is 0 Å². The smallest absolute Gasteiger partial charge is 0.197 e. The number of aryl methyl sites for hydroxylation is 2. The fourth-order valence-corrected chi connectivity index (χ4v) is 2.55. The van der Waals surface area contributed by atoms with Crippen LogP contribution < -0.4 is 5.32 Å². The summed E-state index contributed by atoms with van der Waals surface area (Å²) in [4.78, 5) is 4.56. The molecule has 0 fully saturated rings. The van der Waals surface area contributed by atoms with Crippen LogP contribution in [0.4, 0.5) is 0 Å². The van der Waals surface area contributed by atoms with Crippen LogP contribution in [0.3, 0.4) is 0 Å². The number of aromatic nitrogens is 1. The number of para-hydroxylation sites is 2. The van der Waals surface area contributed by atoms with Crippen molar-refractivity contribution in [1.82, 2.24) is 10.3 Å². The van der Waals surface area contributed by atoms with Gasteiger partial charge >= 0.3 is 0 Å². The summed E-state index contributed by atoms with van der Waals surface area (Å²) in [6.07, 6.45) is 0.744. The maximum atomic E-state index is 5.82. The van der Waals surface area contributed by atoms with Crippen LogP contribution in [0.15, 0.2) is 46.9 Å². The first-order valence-electron chi connectivity index (χ1n) is 7.26. The van der Waals surface area contributed by atoms with E-state index in [-0.39, 0.29) is 6.04 Å². The number of oxazole rings is 1. The second kappa shape index (κ2) is 5.70. The van der Waals surface area contributed by atoms with Crippen molar-refractivity contribution in [2.45, 2.75) is 26.3 Å². The third-order valence-electron chi connectivity index (χ3n) is 4.00. The molecule has 1 N–H and O–H groups in total. The summed E-state index contributed by atoms with van der Waals surface area (Å²) in [6, 6.07) is 14.7. The molecule has 3 rings (SSSR count). The summed E-state index contributed by atoms with van der Waals surface area (Å²) in [5.41, 5.74) is 5.66. The number of nitrogens with zero attached hydrogens (tertiary/aromatic N) is 1. The minimum absolute atomic E-state index is 0.206. The van der Waals surface area contributed by atoms with Gasteiger partial charge in [-0.2, -0.15) is 0 Å². The first-order chi connectivity index (χ1) is 10.2. The highest BCUT2D eigenvalue weighted by Crippen LogP contribution is 2.23. The minimum atomic E-state index is 0.206. The Morgan fingerprint density at radius 2 is 1.90 bits per heavy atom. The molecule has 1 unspecified atom stereocenters. The number of hydrogen-bond acceptors (Lipinski definition) is 3. The molecule has 3 nitrogen and oxygen atoms in total. The van der Waals surface area contributed by atoms with Gasteiger partial charge in [0.1, 0.15) is 5.52 Å². The van der Waals surface area contributed by atoms with Gasteiger partial charge < -0.3 is 9.73 Å². The lowest BCUT2D eigenvalue weighted by atomic mass is 9.99. The molecule has 0 saturated heterocycles. The largest absolute Gasteiger partial charge is 0.441 e. The maximum absolute atomic E-state index is 5.82. The van der Waals surface area contributed by atoms with Gasteiger partial charge in [0.25, 0.3) is 0 Å². The predicted octanol–water partition coefficient (Wildman–Crippen LogP) is 3.95. The maximum Gasteiger partial charge on any atom is 0.197 e. The van der Waals surface area contributed by atoms with Crippen LogP contribution in [0.1, 0.15) is 28.6 Å². The molecule has 0 saturated carbocycles. The van der Waals surface area contributed by atoms with E-state index in [1.165, 1.54) is 16.7 Å². The molecule has 108 valence electrons. The first kappa shape index (κ1) is 13.8. The van der Waals surface area contributed by atoms with Crippen molar-refractivity contribution in [3.63, 3.8) is 0 Å². The molecular weight excluding hydrogens is 260 g/mol. The normalized spacial score (nSPS) is 12.7. The zero-order valence-corrected chi connectivity index (χ0v) is 12.7. The molecule has 0 spiro atoms. The Kier molecular flexibility index (Phi) is 3.76. The zero-order chi connectivity index (χ0) is 14.8. The quantitative estimate of drug-likeness (QED) is 0.786. The van der Waals surface area contributed by atoms with Crippen molar-refractivity contribution < 1.29 is 4.42 Å². The van der Waals surface area contributed by atoms with Crippen molar-refractivity contribution >= 4 is 11.1 Å². The van der Waals surface area contributed by atoms with E-state index in [2.05, 4.69) is 42.3 Å². The van der Waals surface area contributed by atoms with Crippen molar-refractivity contribution in [2.75, 3.05) is 7.05 Å². The Morgan fingerprint density at radius 3 is 2.62 bits per heavy atom. The van der Waals surface area contributed by atoms with Gasteiger partial charge in [-0.05, 0) is 49.7 Å². The van der Waals surface area contributed by atoms with Gasteiger partial charge in [-0.1, -0.05) is 30.3 Å². The van der Waals surface area contributed by atoms with Gasteiger partial charge in [0, 0.05) is 12.5 Å². The van der Waals surface area contributed by atoms with Crippen molar-refractivity contribution in [1.29, 1.82) is 0 Å². The van der Waals surface area contributed by atoms with E-state index in [4.69, 9.17) is 4.42 Å². The van der Waals surface area contributed by atoms with E-state index in [0.717, 1.165) is 23.4 Å². The van der Waals surface area contributed by atoms with Crippen molar-refractivity contribution in [3.8, 4) is 0 Å². The predicted molar refractivity (Wildman–Crippen MR) is 85.4 cm³/mol. The molecule has 1 atom stereocenters. The van der Waals surface area contributed by atoms with E-state index < -0.39 is 0 Å². The van der Waals surface area contributed by atoms with Crippen molar-refractivity contribution in [2.24, 2.45) is 0 Å². The average molecular weight is 280 g/mol. The van der Waals surface area contributed by atoms with Crippen LogP contribution in [0, 0.1) is 13.8 Å². The summed E-state index contributed by atoms with van der Waals surface area (Å²) < 4.78 is 5.82. The number of rotatable bonds is 4. The summed E-state index contributed by atoms with van der Waals surface area (Å²) in [5, 5.41) is 3.36. The number of benzene rings is 2. The molecule has 1 aromatic heterocycles. The van der Waals surface area contributed by atoms with Gasteiger partial charge in [-0.3, -0.25) is 0 Å². The molecule has 21 heavy (non-hydrogen) atoms. The summed E-state index contributed by atoms with van der Waals surface area (Å²) in [7, 11) is 1.97. The Balaban J connectivity index is 1.88. The lowest BCUT2D eigenvalue weighted by Gasteiger charge is -2.16. The first-order valence-corrected chi connectivity index (χ1v) is 7.26. The monoisotopic (exact) mass is 280 g/mol. The van der Waals surface area contributed by atoms with Gasteiger partial charge in [-0.15, -0.1) is 0 Å². The summed E-state index contributed by atoms with van der Waals surface area (Å²) in [5.74, 6) is 0.772. The second-order valence-electron chi connectivity index (χ2n) is 5.46. The topological polar surface area (TPSA) is 38.1 Å². The molecule has 0 aliphatic rings. The zero-order valence-electron chi connectivity index (χ0n) is 12.7. The van der Waals surface area contributed by atoms with Crippen LogP contribution in [0.25, 0.3) is 11.1 Å². The SMILES string of the molecule is CNC(Cc1nc2ccccc2o1)c1ccc(C)c(C)c1. The standard InChI is InChI=1S/C18H20N2O/c1-12-8-9-14(10-13(12)2)16(19-3)11-18-20-15-6-4-5-7-17(15)21-18/h4-10,16,19H,11H2,1-3H3. The highest BCUT2D eigenvalue weighted by atomic mass is 16.3. The van der Waals surface area contributed by atoms with E-state index in [9.17, 15) is 0 Å². The van der Waals surface area contributed by atoms with Gasteiger partial charge in [0.2, 0.25) is 0 Å². The van der Waals surface area contributed by atoms with Crippen molar-refractivity contribution in [3.05, 3.63) is 65.0 Å². The molecule has 3 aromatic rings. The molecule has 0 bridgehead atoms. The van der Waals surface area contributed by atoms with E-state index >= 15 is 0 Å². The van der Waals surface area contributed by atoms with Gasteiger partial charge in [-0.25, -0.2) is 4.98 Å². The number of nitrogens with one attached hydrogen (secondary N) is 1. The molecule has 0 radical (unpaired) electrons. The van der Waals surface area contributed by atoms with Gasteiger partial charge in [0.15, 0.2) is 11.5 Å². The van der Waals surface area contributed by atoms with Crippen LogP contribution in [0.2, 0.25) is 0 Å². The number of likely N-dealkylation sites (N-methyl/N-ethyl adjacent to an activating group) is 1. The Hall–Kier alpha value is -2.13. The molecule has 0 aliphatic carbocycles. The molecular formula is C18H20N2O. The van der Waals surface area contributed by atoms with Crippen LogP contribution in [-0.2, 0) is 6.42 Å². The number of fused-ring (bicyclic) bond motifs is 1. The molecule has 0 aliphatic heterocycles. The van der Waals surface area contributed by atoms with Gasteiger partial charge in [0.05, 0.1) is 0 Å². The summed E-state index contributed by atoms with van der Waals surface area (Å²) >= 11 is 0. The molecule has 2 aromatic carbocycles. The van der Waals surface area contributed by atoms with E-state index in [0.29, 0.717) is 0 Å². The van der Waals surface area contributed by atoms with E-state index in [1.807, 2.05) is 31.3 Å². The highest BCUT2D eigenvalue weighted by molar-refractivity contribution is 5.72. The lowest BCUT2D eigenvalue weighted by Crippen LogP contribution is -2.19. The van der Waals surface area contributed by atoms with E-state index in [1.54, 1.807) is 0 Å². The van der Waals surface area contributed by atoms with Crippen LogP contribution in [-0.4, -0.2) is 12.0 Å². The second-order valence-corrected chi connectivity index (χ2v) is 5.46.